The van der Waals surface area contributed by atoms with Crippen LogP contribution in [0.2, 0.25) is 0 Å². The maximum atomic E-state index is 9.80. The van der Waals surface area contributed by atoms with Gasteiger partial charge < -0.3 is 10.0 Å². The van der Waals surface area contributed by atoms with Crippen LogP contribution in [0, 0.1) is 0 Å². The van der Waals surface area contributed by atoms with Crippen LogP contribution in [-0.4, -0.2) is 42.7 Å². The summed E-state index contributed by atoms with van der Waals surface area (Å²) in [5, 5.41) is 9.80. The third kappa shape index (κ3) is 3.71. The van der Waals surface area contributed by atoms with Gasteiger partial charge in [-0.2, -0.15) is 0 Å². The molecule has 1 saturated heterocycles. The van der Waals surface area contributed by atoms with Crippen LogP contribution in [0.15, 0.2) is 24.3 Å². The third-order valence-corrected chi connectivity index (χ3v) is 3.94. The molecule has 2 rings (SSSR count). The number of benzene rings is 1. The Bertz CT molecular complexity index is 369. The molecule has 1 atom stereocenters. The van der Waals surface area contributed by atoms with E-state index in [-0.39, 0.29) is 6.10 Å². The molecule has 1 aliphatic rings. The minimum atomic E-state index is -0.324. The number of aliphatic hydroxyl groups excluding tert-OH is 1. The topological polar surface area (TPSA) is 26.7 Å². The first-order chi connectivity index (χ1) is 9.24. The maximum absolute atomic E-state index is 9.80. The average Bonchev–Trinajstić information content (AvgIpc) is 2.48. The van der Waals surface area contributed by atoms with Crippen LogP contribution in [-0.2, 0) is 0 Å². The molecule has 0 radical (unpaired) electrons. The van der Waals surface area contributed by atoms with Gasteiger partial charge in [-0.3, -0.25) is 4.90 Å². The molecule has 0 aliphatic carbocycles. The lowest BCUT2D eigenvalue weighted by atomic mass is 10.1. The van der Waals surface area contributed by atoms with Crippen molar-refractivity contribution in [3.05, 3.63) is 29.8 Å². The minimum Gasteiger partial charge on any atom is -0.388 e. The van der Waals surface area contributed by atoms with E-state index in [1.54, 1.807) is 0 Å². The molecule has 0 bridgehead atoms. The molecule has 1 aromatic rings. The van der Waals surface area contributed by atoms with Crippen molar-refractivity contribution in [1.82, 2.24) is 4.90 Å². The largest absolute Gasteiger partial charge is 0.388 e. The van der Waals surface area contributed by atoms with Crippen LogP contribution in [0.5, 0.6) is 0 Å². The molecule has 3 nitrogen and oxygen atoms in total. The Labute approximate surface area is 116 Å². The van der Waals surface area contributed by atoms with Gasteiger partial charge in [-0.05, 0) is 37.1 Å². The first kappa shape index (κ1) is 14.4. The number of hydrogen-bond donors (Lipinski definition) is 1. The van der Waals surface area contributed by atoms with Crippen LogP contribution in [0.1, 0.15) is 38.4 Å². The predicted octanol–water partition coefficient (Wildman–Crippen LogP) is 2.66. The van der Waals surface area contributed by atoms with Crippen molar-refractivity contribution in [3.8, 4) is 0 Å². The molecular weight excluding hydrogens is 236 g/mol. The quantitative estimate of drug-likeness (QED) is 0.884. The number of hydrogen-bond acceptors (Lipinski definition) is 3. The summed E-state index contributed by atoms with van der Waals surface area (Å²) in [4.78, 5) is 4.97. The number of piperazine rings is 1. The lowest BCUT2D eigenvalue weighted by Crippen LogP contribution is -2.46. The second kappa shape index (κ2) is 6.92. The van der Waals surface area contributed by atoms with E-state index in [4.69, 9.17) is 0 Å². The Morgan fingerprint density at radius 2 is 1.68 bits per heavy atom. The van der Waals surface area contributed by atoms with Crippen LogP contribution in [0.3, 0.4) is 0 Å². The SMILES string of the molecule is CCCN1CCN(c2ccc([C@H](O)CC)cc2)CC1. The third-order valence-electron chi connectivity index (χ3n) is 3.94. The van der Waals surface area contributed by atoms with Gasteiger partial charge in [0.1, 0.15) is 0 Å². The Hall–Kier alpha value is -1.06. The first-order valence-electron chi connectivity index (χ1n) is 7.50. The lowest BCUT2D eigenvalue weighted by Gasteiger charge is -2.36. The van der Waals surface area contributed by atoms with Gasteiger partial charge in [-0.25, -0.2) is 0 Å². The second-order valence-electron chi connectivity index (χ2n) is 5.34. The second-order valence-corrected chi connectivity index (χ2v) is 5.34. The van der Waals surface area contributed by atoms with Gasteiger partial charge in [0.15, 0.2) is 0 Å². The van der Waals surface area contributed by atoms with E-state index < -0.39 is 0 Å². The van der Waals surface area contributed by atoms with Gasteiger partial charge in [0.2, 0.25) is 0 Å². The van der Waals surface area contributed by atoms with E-state index in [0.29, 0.717) is 0 Å². The van der Waals surface area contributed by atoms with Gasteiger partial charge in [0.05, 0.1) is 6.10 Å². The number of aliphatic hydroxyl groups is 1. The molecule has 106 valence electrons. The Morgan fingerprint density at radius 3 is 2.21 bits per heavy atom. The molecule has 1 heterocycles. The average molecular weight is 262 g/mol. The zero-order valence-electron chi connectivity index (χ0n) is 12.2. The van der Waals surface area contributed by atoms with E-state index in [0.717, 1.165) is 38.2 Å². The van der Waals surface area contributed by atoms with Crippen molar-refractivity contribution in [2.24, 2.45) is 0 Å². The fourth-order valence-electron chi connectivity index (χ4n) is 2.69. The van der Waals surface area contributed by atoms with E-state index in [2.05, 4.69) is 41.0 Å². The highest BCUT2D eigenvalue weighted by atomic mass is 16.3. The van der Waals surface area contributed by atoms with Crippen molar-refractivity contribution in [2.75, 3.05) is 37.6 Å². The van der Waals surface area contributed by atoms with E-state index in [1.165, 1.54) is 18.7 Å². The molecular formula is C16H26N2O. The molecule has 1 aliphatic heterocycles. The van der Waals surface area contributed by atoms with Crippen molar-refractivity contribution >= 4 is 5.69 Å². The van der Waals surface area contributed by atoms with Gasteiger partial charge in [0, 0.05) is 31.9 Å². The van der Waals surface area contributed by atoms with Gasteiger partial charge in [-0.1, -0.05) is 26.0 Å². The summed E-state index contributed by atoms with van der Waals surface area (Å²) in [5.41, 5.74) is 2.30. The highest BCUT2D eigenvalue weighted by Gasteiger charge is 2.16. The zero-order chi connectivity index (χ0) is 13.7. The lowest BCUT2D eigenvalue weighted by molar-refractivity contribution is 0.173. The maximum Gasteiger partial charge on any atom is 0.0787 e. The van der Waals surface area contributed by atoms with Gasteiger partial charge in [-0.15, -0.1) is 0 Å². The monoisotopic (exact) mass is 262 g/mol. The first-order valence-corrected chi connectivity index (χ1v) is 7.50. The summed E-state index contributed by atoms with van der Waals surface area (Å²) in [5.74, 6) is 0. The van der Waals surface area contributed by atoms with Crippen molar-refractivity contribution in [3.63, 3.8) is 0 Å². The number of anilines is 1. The molecule has 0 spiro atoms. The van der Waals surface area contributed by atoms with Gasteiger partial charge in [0.25, 0.3) is 0 Å². The van der Waals surface area contributed by atoms with Crippen LogP contribution in [0.25, 0.3) is 0 Å². The summed E-state index contributed by atoms with van der Waals surface area (Å²) in [6.45, 7) is 10.00. The molecule has 0 amide bonds. The normalized spacial score (nSPS) is 18.6. The van der Waals surface area contributed by atoms with Crippen molar-refractivity contribution in [1.29, 1.82) is 0 Å². The summed E-state index contributed by atoms with van der Waals surface area (Å²) in [6.07, 6.45) is 1.69. The van der Waals surface area contributed by atoms with Crippen LogP contribution in [0.4, 0.5) is 5.69 Å². The van der Waals surface area contributed by atoms with Crippen LogP contribution >= 0.6 is 0 Å². The zero-order valence-corrected chi connectivity index (χ0v) is 12.2. The molecule has 1 aromatic carbocycles. The molecule has 0 saturated carbocycles. The van der Waals surface area contributed by atoms with E-state index in [9.17, 15) is 5.11 Å². The molecule has 0 unspecified atom stereocenters. The summed E-state index contributed by atoms with van der Waals surface area (Å²) < 4.78 is 0. The fraction of sp³-hybridized carbons (Fsp3) is 0.625. The molecule has 3 heteroatoms. The van der Waals surface area contributed by atoms with Crippen molar-refractivity contribution < 1.29 is 5.11 Å². The number of rotatable bonds is 5. The molecule has 19 heavy (non-hydrogen) atoms. The number of nitrogens with zero attached hydrogens (tertiary/aromatic N) is 2. The Balaban J connectivity index is 1.92. The Morgan fingerprint density at radius 1 is 1.05 bits per heavy atom. The highest BCUT2D eigenvalue weighted by Crippen LogP contribution is 2.22. The predicted molar refractivity (Wildman–Crippen MR) is 80.6 cm³/mol. The van der Waals surface area contributed by atoms with Gasteiger partial charge >= 0.3 is 0 Å². The summed E-state index contributed by atoms with van der Waals surface area (Å²) in [6, 6.07) is 8.40. The molecule has 1 fully saturated rings. The summed E-state index contributed by atoms with van der Waals surface area (Å²) in [7, 11) is 0. The Kier molecular flexibility index (Phi) is 5.23. The standard InChI is InChI=1S/C16H26N2O/c1-3-9-17-10-12-18(13-11-17)15-7-5-14(6-8-15)16(19)4-2/h5-8,16,19H,3-4,9-13H2,1-2H3/t16-/m1/s1. The fourth-order valence-corrected chi connectivity index (χ4v) is 2.69. The van der Waals surface area contributed by atoms with Crippen LogP contribution < -0.4 is 4.90 Å². The minimum absolute atomic E-state index is 0.324. The van der Waals surface area contributed by atoms with E-state index in [1.807, 2.05) is 6.92 Å². The van der Waals surface area contributed by atoms with Crippen molar-refractivity contribution in [2.45, 2.75) is 32.8 Å². The smallest absolute Gasteiger partial charge is 0.0787 e. The molecule has 1 N–H and O–H groups in total. The van der Waals surface area contributed by atoms with E-state index >= 15 is 0 Å². The molecule has 0 aromatic heterocycles. The summed E-state index contributed by atoms with van der Waals surface area (Å²) >= 11 is 0. The highest BCUT2D eigenvalue weighted by molar-refractivity contribution is 5.48.